The Morgan fingerprint density at radius 3 is 3.00 bits per heavy atom. The third kappa shape index (κ3) is 2.87. The largest absolute Gasteiger partial charge is 0.338 e. The summed E-state index contributed by atoms with van der Waals surface area (Å²) in [6.45, 7) is 1.99. The zero-order valence-corrected chi connectivity index (χ0v) is 12.9. The highest BCUT2D eigenvalue weighted by molar-refractivity contribution is 7.99. The number of hydrogen-bond donors (Lipinski definition) is 0. The Morgan fingerprint density at radius 2 is 2.25 bits per heavy atom. The molecule has 0 aliphatic heterocycles. The molecule has 4 nitrogen and oxygen atoms in total. The second kappa shape index (κ2) is 5.95. The van der Waals surface area contributed by atoms with Crippen LogP contribution < -0.4 is 0 Å². The minimum Gasteiger partial charge on any atom is -0.338 e. The number of rotatable bonds is 4. The van der Waals surface area contributed by atoms with E-state index < -0.39 is 0 Å². The summed E-state index contributed by atoms with van der Waals surface area (Å²) in [4.78, 5) is 9.66. The Labute approximate surface area is 129 Å². The lowest BCUT2D eigenvalue weighted by Gasteiger charge is -2.06. The predicted octanol–water partition coefficient (Wildman–Crippen LogP) is 4.70. The van der Waals surface area contributed by atoms with Gasteiger partial charge in [0.1, 0.15) is 5.03 Å². The molecule has 3 rings (SSSR count). The molecular formula is C13H10ClN3OS2. The van der Waals surface area contributed by atoms with Crippen molar-refractivity contribution in [1.29, 1.82) is 0 Å². The van der Waals surface area contributed by atoms with E-state index in [2.05, 4.69) is 15.1 Å². The fourth-order valence-corrected chi connectivity index (χ4v) is 3.32. The first-order valence-corrected chi connectivity index (χ1v) is 8.02. The average Bonchev–Trinajstić information content (AvgIpc) is 3.11. The molecular weight excluding hydrogens is 314 g/mol. The molecule has 7 heteroatoms. The van der Waals surface area contributed by atoms with Crippen molar-refractivity contribution in [1.82, 2.24) is 15.1 Å². The van der Waals surface area contributed by atoms with Gasteiger partial charge in [-0.25, -0.2) is 4.98 Å². The lowest BCUT2D eigenvalue weighted by atomic mass is 10.4. The van der Waals surface area contributed by atoms with Gasteiger partial charge in [0.25, 0.3) is 0 Å². The van der Waals surface area contributed by atoms with E-state index in [0.29, 0.717) is 16.7 Å². The number of nitrogens with zero attached hydrogens (tertiary/aromatic N) is 3. The van der Waals surface area contributed by atoms with Gasteiger partial charge in [0.2, 0.25) is 11.7 Å². The number of aromatic nitrogens is 3. The van der Waals surface area contributed by atoms with Gasteiger partial charge >= 0.3 is 0 Å². The van der Waals surface area contributed by atoms with Gasteiger partial charge in [-0.1, -0.05) is 34.6 Å². The Morgan fingerprint density at radius 1 is 1.35 bits per heavy atom. The Balaban J connectivity index is 1.78. The Kier molecular flexibility index (Phi) is 4.05. The molecule has 0 amide bonds. The number of pyridine rings is 1. The van der Waals surface area contributed by atoms with Crippen molar-refractivity contribution in [3.8, 4) is 10.7 Å². The van der Waals surface area contributed by atoms with Crippen molar-refractivity contribution in [2.45, 2.75) is 17.2 Å². The summed E-state index contributed by atoms with van der Waals surface area (Å²) >= 11 is 9.17. The van der Waals surface area contributed by atoms with Crippen LogP contribution in [0.15, 0.2) is 45.4 Å². The molecule has 3 aromatic rings. The van der Waals surface area contributed by atoms with Crippen molar-refractivity contribution in [3.05, 3.63) is 46.8 Å². The van der Waals surface area contributed by atoms with Crippen LogP contribution in [0.2, 0.25) is 5.02 Å². The van der Waals surface area contributed by atoms with E-state index in [1.165, 1.54) is 11.8 Å². The molecule has 1 unspecified atom stereocenters. The maximum atomic E-state index is 6.09. The summed E-state index contributed by atoms with van der Waals surface area (Å²) in [7, 11) is 0. The molecule has 0 N–H and O–H groups in total. The second-order valence-corrected chi connectivity index (χ2v) is 6.67. The highest BCUT2D eigenvalue weighted by Gasteiger charge is 2.18. The molecule has 0 fully saturated rings. The monoisotopic (exact) mass is 323 g/mol. The SMILES string of the molecule is CC(Sc1ncccc1Cl)c1nc(-c2cccs2)no1. The van der Waals surface area contributed by atoms with Gasteiger partial charge in [-0.2, -0.15) is 4.98 Å². The third-order valence-corrected chi connectivity index (χ3v) is 4.93. The minimum atomic E-state index is -0.0105. The van der Waals surface area contributed by atoms with Crippen LogP contribution in [0, 0.1) is 0 Å². The molecule has 0 aliphatic carbocycles. The second-order valence-electron chi connectivity index (χ2n) is 3.98. The van der Waals surface area contributed by atoms with Crippen LogP contribution in [-0.2, 0) is 0 Å². The van der Waals surface area contributed by atoms with Gasteiger partial charge in [-0.05, 0) is 30.5 Å². The summed E-state index contributed by atoms with van der Waals surface area (Å²) in [5.41, 5.74) is 0. The lowest BCUT2D eigenvalue weighted by Crippen LogP contribution is -1.90. The molecule has 3 aromatic heterocycles. The smallest absolute Gasteiger partial charge is 0.240 e. The van der Waals surface area contributed by atoms with Crippen molar-refractivity contribution in [3.63, 3.8) is 0 Å². The quantitative estimate of drug-likeness (QED) is 0.651. The van der Waals surface area contributed by atoms with Crippen LogP contribution in [0.1, 0.15) is 18.1 Å². The zero-order chi connectivity index (χ0) is 13.9. The topological polar surface area (TPSA) is 51.8 Å². The average molecular weight is 324 g/mol. The summed E-state index contributed by atoms with van der Waals surface area (Å²) in [5.74, 6) is 1.19. The van der Waals surface area contributed by atoms with E-state index in [4.69, 9.17) is 16.1 Å². The maximum Gasteiger partial charge on any atom is 0.240 e. The van der Waals surface area contributed by atoms with Crippen LogP contribution >= 0.6 is 34.7 Å². The highest BCUT2D eigenvalue weighted by atomic mass is 35.5. The molecule has 0 saturated heterocycles. The molecule has 20 heavy (non-hydrogen) atoms. The lowest BCUT2D eigenvalue weighted by molar-refractivity contribution is 0.381. The van der Waals surface area contributed by atoms with Crippen molar-refractivity contribution in [2.75, 3.05) is 0 Å². The molecule has 0 spiro atoms. The zero-order valence-electron chi connectivity index (χ0n) is 10.5. The standard InChI is InChI=1S/C13H10ClN3OS2/c1-8(20-13-9(14)4-2-6-15-13)12-16-11(17-18-12)10-5-3-7-19-10/h2-8H,1H3. The number of hydrogen-bond acceptors (Lipinski definition) is 6. The van der Waals surface area contributed by atoms with Gasteiger partial charge in [-0.3, -0.25) is 0 Å². The highest BCUT2D eigenvalue weighted by Crippen LogP contribution is 2.36. The van der Waals surface area contributed by atoms with Crippen LogP contribution in [-0.4, -0.2) is 15.1 Å². The molecule has 0 aliphatic rings. The van der Waals surface area contributed by atoms with E-state index in [0.717, 1.165) is 9.90 Å². The first kappa shape index (κ1) is 13.6. The fourth-order valence-electron chi connectivity index (χ4n) is 1.58. The van der Waals surface area contributed by atoms with Gasteiger partial charge in [0.05, 0.1) is 15.1 Å². The molecule has 0 radical (unpaired) electrons. The molecule has 0 saturated carbocycles. The molecule has 3 heterocycles. The normalized spacial score (nSPS) is 12.5. The predicted molar refractivity (Wildman–Crippen MR) is 81.1 cm³/mol. The molecule has 0 bridgehead atoms. The third-order valence-electron chi connectivity index (χ3n) is 2.54. The Bertz CT molecular complexity index is 699. The van der Waals surface area contributed by atoms with Crippen LogP contribution in [0.4, 0.5) is 0 Å². The van der Waals surface area contributed by atoms with E-state index >= 15 is 0 Å². The molecule has 102 valence electrons. The Hall–Kier alpha value is -1.37. The van der Waals surface area contributed by atoms with Gasteiger partial charge in [0, 0.05) is 6.20 Å². The summed E-state index contributed by atoms with van der Waals surface area (Å²) < 4.78 is 5.32. The van der Waals surface area contributed by atoms with Crippen molar-refractivity contribution >= 4 is 34.7 Å². The summed E-state index contributed by atoms with van der Waals surface area (Å²) in [6.07, 6.45) is 1.71. The van der Waals surface area contributed by atoms with Crippen LogP contribution in [0.25, 0.3) is 10.7 Å². The van der Waals surface area contributed by atoms with E-state index in [1.54, 1.807) is 23.6 Å². The molecule has 1 atom stereocenters. The first-order chi connectivity index (χ1) is 9.74. The first-order valence-electron chi connectivity index (χ1n) is 5.88. The minimum absolute atomic E-state index is 0.0105. The van der Waals surface area contributed by atoms with Gasteiger partial charge < -0.3 is 4.52 Å². The summed E-state index contributed by atoms with van der Waals surface area (Å²) in [5, 5.41) is 7.36. The number of thiophene rings is 1. The van der Waals surface area contributed by atoms with Gasteiger partial charge in [-0.15, -0.1) is 11.3 Å². The summed E-state index contributed by atoms with van der Waals surface area (Å²) in [6, 6.07) is 7.54. The van der Waals surface area contributed by atoms with E-state index in [1.807, 2.05) is 30.5 Å². The van der Waals surface area contributed by atoms with Crippen molar-refractivity contribution in [2.24, 2.45) is 0 Å². The fraction of sp³-hybridized carbons (Fsp3) is 0.154. The van der Waals surface area contributed by atoms with Gasteiger partial charge in [0.15, 0.2) is 0 Å². The number of thioether (sulfide) groups is 1. The van der Waals surface area contributed by atoms with Crippen LogP contribution in [0.3, 0.4) is 0 Å². The molecule has 0 aromatic carbocycles. The maximum absolute atomic E-state index is 6.09. The van der Waals surface area contributed by atoms with E-state index in [9.17, 15) is 0 Å². The van der Waals surface area contributed by atoms with Crippen molar-refractivity contribution < 1.29 is 4.52 Å². The van der Waals surface area contributed by atoms with E-state index in [-0.39, 0.29) is 5.25 Å². The van der Waals surface area contributed by atoms with Crippen LogP contribution in [0.5, 0.6) is 0 Å². The number of halogens is 1.